The molecule has 0 aromatic heterocycles. The van der Waals surface area contributed by atoms with Gasteiger partial charge in [-0.2, -0.15) is 0 Å². The van der Waals surface area contributed by atoms with Gasteiger partial charge in [0.1, 0.15) is 23.4 Å². The number of hydrogen-bond acceptors (Lipinski definition) is 6. The summed E-state index contributed by atoms with van der Waals surface area (Å²) in [6.07, 6.45) is 3.69. The summed E-state index contributed by atoms with van der Waals surface area (Å²) < 4.78 is 24.0. The smallest absolute Gasteiger partial charge is 0.410 e. The fourth-order valence-corrected chi connectivity index (χ4v) is 5.39. The second kappa shape index (κ2) is 8.37. The van der Waals surface area contributed by atoms with Gasteiger partial charge in [-0.3, -0.25) is 4.79 Å². The fraction of sp³-hybridized carbons (Fsp3) is 0.826. The van der Waals surface area contributed by atoms with Crippen molar-refractivity contribution in [2.75, 3.05) is 33.4 Å². The van der Waals surface area contributed by atoms with Crippen molar-refractivity contribution in [3.05, 3.63) is 11.6 Å². The van der Waals surface area contributed by atoms with Crippen molar-refractivity contribution in [2.45, 2.75) is 76.5 Å². The molecular formula is C23H36N2O6. The molecule has 174 valence electrons. The molecule has 31 heavy (non-hydrogen) atoms. The van der Waals surface area contributed by atoms with Crippen LogP contribution in [0.15, 0.2) is 11.6 Å². The molecule has 0 radical (unpaired) electrons. The van der Waals surface area contributed by atoms with E-state index >= 15 is 0 Å². The highest BCUT2D eigenvalue weighted by molar-refractivity contribution is 5.82. The molecule has 1 aliphatic carbocycles. The quantitative estimate of drug-likeness (QED) is 0.486. The van der Waals surface area contributed by atoms with Gasteiger partial charge in [0.2, 0.25) is 5.91 Å². The summed E-state index contributed by atoms with van der Waals surface area (Å²) in [5, 5.41) is 2.80. The number of carbonyl (C=O) groups excluding carboxylic acids is 2. The minimum absolute atomic E-state index is 0.00610. The van der Waals surface area contributed by atoms with Gasteiger partial charge in [0.15, 0.2) is 0 Å². The molecule has 4 aliphatic rings. The van der Waals surface area contributed by atoms with Crippen LogP contribution >= 0.6 is 0 Å². The molecule has 0 aromatic rings. The van der Waals surface area contributed by atoms with Crippen LogP contribution in [0.4, 0.5) is 4.79 Å². The second-order valence-electron chi connectivity index (χ2n) is 9.80. The van der Waals surface area contributed by atoms with Crippen LogP contribution < -0.4 is 5.32 Å². The third-order valence-corrected chi connectivity index (χ3v) is 7.35. The number of rotatable bonds is 7. The lowest BCUT2D eigenvalue weighted by Crippen LogP contribution is -2.59. The van der Waals surface area contributed by atoms with Gasteiger partial charge in [-0.25, -0.2) is 4.79 Å². The largest absolute Gasteiger partial charge is 0.443 e. The lowest BCUT2D eigenvalue weighted by atomic mass is 9.68. The van der Waals surface area contributed by atoms with Crippen LogP contribution in [0.25, 0.3) is 0 Å². The van der Waals surface area contributed by atoms with Gasteiger partial charge in [-0.05, 0) is 47.0 Å². The molecule has 2 amide bonds. The molecule has 0 bridgehead atoms. The molecule has 0 unspecified atom stereocenters. The summed E-state index contributed by atoms with van der Waals surface area (Å²) in [5.41, 5.74) is 0.682. The summed E-state index contributed by atoms with van der Waals surface area (Å²) in [6.45, 7) is 10.3. The molecule has 3 saturated heterocycles. The zero-order valence-electron chi connectivity index (χ0n) is 19.3. The molecule has 8 nitrogen and oxygen atoms in total. The van der Waals surface area contributed by atoms with Crippen LogP contribution in [0.3, 0.4) is 0 Å². The molecule has 1 N–H and O–H groups in total. The van der Waals surface area contributed by atoms with E-state index in [1.807, 2.05) is 6.92 Å². The van der Waals surface area contributed by atoms with Crippen LogP contribution in [-0.2, 0) is 23.7 Å². The Hall–Kier alpha value is -1.64. The minimum Gasteiger partial charge on any atom is -0.443 e. The van der Waals surface area contributed by atoms with E-state index in [9.17, 15) is 9.59 Å². The Morgan fingerprint density at radius 3 is 2.58 bits per heavy atom. The summed E-state index contributed by atoms with van der Waals surface area (Å²) in [5.74, 6) is -0.151. The van der Waals surface area contributed by atoms with E-state index < -0.39 is 0 Å². The van der Waals surface area contributed by atoms with Crippen LogP contribution in [-0.4, -0.2) is 79.8 Å². The van der Waals surface area contributed by atoms with E-state index in [1.165, 1.54) is 5.57 Å². The summed E-state index contributed by atoms with van der Waals surface area (Å²) >= 11 is 0. The van der Waals surface area contributed by atoms with Crippen molar-refractivity contribution >= 4 is 12.0 Å². The Balaban J connectivity index is 1.39. The van der Waals surface area contributed by atoms with Crippen molar-refractivity contribution in [3.63, 3.8) is 0 Å². The molecular weight excluding hydrogens is 400 g/mol. The lowest BCUT2D eigenvalue weighted by Gasteiger charge is -2.44. The fourth-order valence-electron chi connectivity index (χ4n) is 5.39. The number of epoxide rings is 2. The topological polar surface area (TPSA) is 92.9 Å². The maximum atomic E-state index is 12.7. The number of allylic oxidation sites excluding steroid dienone is 1. The average molecular weight is 437 g/mol. The van der Waals surface area contributed by atoms with E-state index in [1.54, 1.807) is 12.0 Å². The number of ether oxygens (including phenoxy) is 4. The SMILES string of the molecule is CCNC(=O)C1CN(C(=O)O[C@@H]2CC[C@]3(CO3)[C@@H]([C@@]3(C)O[C@@H]3CC=C(C)C)[C@@H]2OC)C1. The first-order valence-electron chi connectivity index (χ1n) is 11.4. The lowest BCUT2D eigenvalue weighted by molar-refractivity contribution is -0.134. The average Bonchev–Trinajstić information content (AvgIpc) is 3.58. The maximum absolute atomic E-state index is 12.7. The van der Waals surface area contributed by atoms with Gasteiger partial charge < -0.3 is 29.2 Å². The number of methoxy groups -OCH3 is 1. The molecule has 8 heteroatoms. The predicted octanol–water partition coefficient (Wildman–Crippen LogP) is 2.27. The number of nitrogens with one attached hydrogen (secondary N) is 1. The van der Waals surface area contributed by atoms with Gasteiger partial charge in [0.25, 0.3) is 0 Å². The van der Waals surface area contributed by atoms with Crippen LogP contribution in [0.5, 0.6) is 0 Å². The molecule has 6 atom stereocenters. The summed E-state index contributed by atoms with van der Waals surface area (Å²) in [4.78, 5) is 26.2. The van der Waals surface area contributed by atoms with E-state index in [0.717, 1.165) is 12.8 Å². The normalized spacial score (nSPS) is 38.9. The molecule has 3 heterocycles. The van der Waals surface area contributed by atoms with Crippen molar-refractivity contribution in [3.8, 4) is 0 Å². The molecule has 0 aromatic carbocycles. The first-order valence-corrected chi connectivity index (χ1v) is 11.4. The number of likely N-dealkylation sites (tertiary alicyclic amines) is 1. The number of hydrogen-bond donors (Lipinski definition) is 1. The Kier molecular flexibility index (Phi) is 6.09. The molecule has 1 spiro atoms. The van der Waals surface area contributed by atoms with Crippen LogP contribution in [0, 0.1) is 11.8 Å². The highest BCUT2D eigenvalue weighted by Crippen LogP contribution is 2.59. The van der Waals surface area contributed by atoms with E-state index in [-0.39, 0.29) is 53.4 Å². The first kappa shape index (κ1) is 22.6. The second-order valence-corrected chi connectivity index (χ2v) is 9.80. The van der Waals surface area contributed by atoms with Gasteiger partial charge in [0.05, 0.1) is 24.5 Å². The number of amides is 2. The maximum Gasteiger partial charge on any atom is 0.410 e. The Morgan fingerprint density at radius 2 is 2.00 bits per heavy atom. The molecule has 3 aliphatic heterocycles. The van der Waals surface area contributed by atoms with Gasteiger partial charge in [-0.15, -0.1) is 0 Å². The summed E-state index contributed by atoms with van der Waals surface area (Å²) in [6, 6.07) is 0. The van der Waals surface area contributed by atoms with Crippen molar-refractivity contribution in [2.24, 2.45) is 11.8 Å². The van der Waals surface area contributed by atoms with E-state index in [4.69, 9.17) is 18.9 Å². The highest BCUT2D eigenvalue weighted by atomic mass is 16.6. The van der Waals surface area contributed by atoms with Gasteiger partial charge in [-0.1, -0.05) is 11.6 Å². The van der Waals surface area contributed by atoms with Crippen LogP contribution in [0.2, 0.25) is 0 Å². The Labute approximate surface area is 184 Å². The zero-order chi connectivity index (χ0) is 22.4. The van der Waals surface area contributed by atoms with Crippen molar-refractivity contribution < 1.29 is 28.5 Å². The molecule has 1 saturated carbocycles. The first-order chi connectivity index (χ1) is 14.7. The van der Waals surface area contributed by atoms with Crippen molar-refractivity contribution in [1.82, 2.24) is 10.2 Å². The molecule has 4 rings (SSSR count). The zero-order valence-corrected chi connectivity index (χ0v) is 19.3. The summed E-state index contributed by atoms with van der Waals surface area (Å²) in [7, 11) is 1.67. The third-order valence-electron chi connectivity index (χ3n) is 7.35. The number of nitrogens with zero attached hydrogens (tertiary/aromatic N) is 1. The van der Waals surface area contributed by atoms with Gasteiger partial charge in [0, 0.05) is 26.7 Å². The predicted molar refractivity (Wildman–Crippen MR) is 114 cm³/mol. The van der Waals surface area contributed by atoms with Gasteiger partial charge >= 0.3 is 6.09 Å². The Morgan fingerprint density at radius 1 is 1.29 bits per heavy atom. The number of carbonyl (C=O) groups is 2. The monoisotopic (exact) mass is 436 g/mol. The third kappa shape index (κ3) is 4.22. The van der Waals surface area contributed by atoms with Crippen LogP contribution in [0.1, 0.15) is 47.0 Å². The van der Waals surface area contributed by atoms with E-state index in [0.29, 0.717) is 32.7 Å². The minimum atomic E-state index is -0.373. The van der Waals surface area contributed by atoms with Crippen molar-refractivity contribution in [1.29, 1.82) is 0 Å². The standard InChI is InChI=1S/C23H36N2O6/c1-6-24-20(26)15-11-25(12-15)21(27)30-16-9-10-23(13-29-23)19(18(16)28-5)22(4)17(31-22)8-7-14(2)3/h7,15-19H,6,8-13H2,1-5H3,(H,24,26)/t16-,17-,18-,19-,22+,23+/m1/s1. The Bertz CT molecular complexity index is 740. The molecule has 4 fully saturated rings. The van der Waals surface area contributed by atoms with E-state index in [2.05, 4.69) is 32.2 Å². The highest BCUT2D eigenvalue weighted by Gasteiger charge is 2.72.